The van der Waals surface area contributed by atoms with Gasteiger partial charge in [0.25, 0.3) is 0 Å². The predicted molar refractivity (Wildman–Crippen MR) is 81.8 cm³/mol. The van der Waals surface area contributed by atoms with E-state index >= 15 is 0 Å². The molecule has 1 saturated heterocycles. The third kappa shape index (κ3) is 3.50. The number of fused-ring (bicyclic) bond motifs is 1. The number of ether oxygens (including phenoxy) is 2. The van der Waals surface area contributed by atoms with Crippen molar-refractivity contribution in [3.63, 3.8) is 0 Å². The predicted octanol–water partition coefficient (Wildman–Crippen LogP) is 2.47. The first-order valence-electron chi connectivity index (χ1n) is 7.92. The van der Waals surface area contributed by atoms with Crippen molar-refractivity contribution in [1.82, 2.24) is 4.90 Å². The number of likely N-dealkylation sites (tertiary alicyclic amines) is 1. The number of aliphatic hydroxyl groups is 1. The summed E-state index contributed by atoms with van der Waals surface area (Å²) in [6.07, 6.45) is 0.815. The average Bonchev–Trinajstić information content (AvgIpc) is 2.45. The Balaban J connectivity index is 1.66. The Bertz CT molecular complexity index is 481. The van der Waals surface area contributed by atoms with Gasteiger partial charge in [0.1, 0.15) is 13.2 Å². The Morgan fingerprint density at radius 3 is 2.52 bits per heavy atom. The molecule has 1 aromatic rings. The lowest BCUT2D eigenvalue weighted by Crippen LogP contribution is -2.40. The summed E-state index contributed by atoms with van der Waals surface area (Å²) in [4.78, 5) is 2.38. The van der Waals surface area contributed by atoms with Gasteiger partial charge in [-0.05, 0) is 36.0 Å². The molecule has 1 fully saturated rings. The van der Waals surface area contributed by atoms with Crippen LogP contribution in [0.2, 0.25) is 0 Å². The average molecular weight is 291 g/mol. The van der Waals surface area contributed by atoms with Crippen molar-refractivity contribution in [3.8, 4) is 11.5 Å². The number of rotatable bonds is 3. The van der Waals surface area contributed by atoms with Crippen molar-refractivity contribution in [2.75, 3.05) is 32.8 Å². The van der Waals surface area contributed by atoms with Crippen LogP contribution in [-0.2, 0) is 0 Å². The molecule has 0 bridgehead atoms. The van der Waals surface area contributed by atoms with Gasteiger partial charge < -0.3 is 14.6 Å². The Morgan fingerprint density at radius 2 is 1.81 bits per heavy atom. The second-order valence-corrected chi connectivity index (χ2v) is 6.58. The zero-order chi connectivity index (χ0) is 14.8. The number of benzene rings is 1. The summed E-state index contributed by atoms with van der Waals surface area (Å²) in [5, 5.41) is 10.5. The second kappa shape index (κ2) is 6.24. The van der Waals surface area contributed by atoms with E-state index in [2.05, 4.69) is 18.7 Å². The molecule has 0 amide bonds. The highest BCUT2D eigenvalue weighted by Gasteiger charge is 2.24. The van der Waals surface area contributed by atoms with Crippen LogP contribution >= 0.6 is 0 Å². The molecule has 0 saturated carbocycles. The lowest BCUT2D eigenvalue weighted by atomic mass is 9.91. The van der Waals surface area contributed by atoms with Crippen LogP contribution in [0.3, 0.4) is 0 Å². The maximum atomic E-state index is 10.5. The van der Waals surface area contributed by atoms with Gasteiger partial charge in [-0.2, -0.15) is 0 Å². The lowest BCUT2D eigenvalue weighted by molar-refractivity contribution is 0.0695. The van der Waals surface area contributed by atoms with E-state index in [1.54, 1.807) is 0 Å². The molecule has 1 aromatic carbocycles. The highest BCUT2D eigenvalue weighted by molar-refractivity contribution is 5.44. The molecule has 2 aliphatic heterocycles. The largest absolute Gasteiger partial charge is 0.486 e. The third-order valence-corrected chi connectivity index (χ3v) is 4.33. The van der Waals surface area contributed by atoms with E-state index in [0.717, 1.165) is 30.2 Å². The van der Waals surface area contributed by atoms with Crippen LogP contribution < -0.4 is 9.47 Å². The van der Waals surface area contributed by atoms with Crippen LogP contribution in [0.5, 0.6) is 11.5 Å². The standard InChI is InChI=1S/C17H25NO3/c1-12-7-13(2)10-18(9-12)11-15(19)14-3-4-16-17(8-14)21-6-5-20-16/h3-4,8,12-13,15,19H,5-7,9-11H2,1-2H3. The van der Waals surface area contributed by atoms with E-state index < -0.39 is 6.10 Å². The summed E-state index contributed by atoms with van der Waals surface area (Å²) < 4.78 is 11.1. The zero-order valence-corrected chi connectivity index (χ0v) is 12.9. The van der Waals surface area contributed by atoms with E-state index in [9.17, 15) is 5.11 Å². The van der Waals surface area contributed by atoms with Gasteiger partial charge in [0.05, 0.1) is 6.10 Å². The van der Waals surface area contributed by atoms with Crippen LogP contribution in [0.1, 0.15) is 31.9 Å². The van der Waals surface area contributed by atoms with Crippen LogP contribution in [0.25, 0.3) is 0 Å². The number of piperidine rings is 1. The first-order chi connectivity index (χ1) is 10.1. The van der Waals surface area contributed by atoms with Gasteiger partial charge in [-0.1, -0.05) is 19.9 Å². The molecule has 3 atom stereocenters. The van der Waals surface area contributed by atoms with Gasteiger partial charge in [-0.3, -0.25) is 4.90 Å². The van der Waals surface area contributed by atoms with E-state index in [-0.39, 0.29) is 0 Å². The minimum atomic E-state index is -0.474. The van der Waals surface area contributed by atoms with Crippen LogP contribution in [0, 0.1) is 11.8 Å². The number of hydrogen-bond donors (Lipinski definition) is 1. The Hall–Kier alpha value is -1.26. The van der Waals surface area contributed by atoms with Crippen molar-refractivity contribution in [1.29, 1.82) is 0 Å². The highest BCUT2D eigenvalue weighted by atomic mass is 16.6. The van der Waals surface area contributed by atoms with Gasteiger partial charge in [-0.25, -0.2) is 0 Å². The van der Waals surface area contributed by atoms with E-state index in [1.807, 2.05) is 18.2 Å². The van der Waals surface area contributed by atoms with E-state index in [4.69, 9.17) is 9.47 Å². The van der Waals surface area contributed by atoms with Crippen LogP contribution in [0.15, 0.2) is 18.2 Å². The number of hydrogen-bond acceptors (Lipinski definition) is 4. The molecule has 4 heteroatoms. The number of β-amino-alcohol motifs (C(OH)–C–C–N with tert-alkyl or cyclic N) is 1. The Kier molecular flexibility index (Phi) is 4.36. The monoisotopic (exact) mass is 291 g/mol. The van der Waals surface area contributed by atoms with E-state index in [0.29, 0.717) is 31.6 Å². The number of aliphatic hydroxyl groups excluding tert-OH is 1. The molecule has 0 radical (unpaired) electrons. The third-order valence-electron chi connectivity index (χ3n) is 4.33. The van der Waals surface area contributed by atoms with Crippen LogP contribution in [-0.4, -0.2) is 42.9 Å². The minimum Gasteiger partial charge on any atom is -0.486 e. The van der Waals surface area contributed by atoms with E-state index in [1.165, 1.54) is 6.42 Å². The zero-order valence-electron chi connectivity index (χ0n) is 12.9. The summed E-state index contributed by atoms with van der Waals surface area (Å²) in [5.41, 5.74) is 0.908. The summed E-state index contributed by atoms with van der Waals surface area (Å²) in [6.45, 7) is 8.59. The SMILES string of the molecule is CC1CC(C)CN(CC(O)c2ccc3c(c2)OCCO3)C1. The van der Waals surface area contributed by atoms with Crippen LogP contribution in [0.4, 0.5) is 0 Å². The summed E-state index contributed by atoms with van der Waals surface area (Å²) in [5.74, 6) is 2.94. The molecule has 2 aliphatic rings. The lowest BCUT2D eigenvalue weighted by Gasteiger charge is -2.36. The number of nitrogens with zero attached hydrogens (tertiary/aromatic N) is 1. The molecule has 0 spiro atoms. The molecule has 1 N–H and O–H groups in total. The molecule has 3 rings (SSSR count). The van der Waals surface area contributed by atoms with Gasteiger partial charge in [0.15, 0.2) is 11.5 Å². The Labute approximate surface area is 126 Å². The van der Waals surface area contributed by atoms with Crippen molar-refractivity contribution in [2.24, 2.45) is 11.8 Å². The fraction of sp³-hybridized carbons (Fsp3) is 0.647. The first-order valence-corrected chi connectivity index (χ1v) is 7.92. The minimum absolute atomic E-state index is 0.474. The van der Waals surface area contributed by atoms with Gasteiger partial charge in [-0.15, -0.1) is 0 Å². The fourth-order valence-electron chi connectivity index (χ4n) is 3.56. The first kappa shape index (κ1) is 14.7. The molecule has 4 nitrogen and oxygen atoms in total. The quantitative estimate of drug-likeness (QED) is 0.929. The molecule has 0 aromatic heterocycles. The normalized spacial score (nSPS) is 27.4. The topological polar surface area (TPSA) is 41.9 Å². The summed E-state index contributed by atoms with van der Waals surface area (Å²) in [7, 11) is 0. The molecule has 21 heavy (non-hydrogen) atoms. The van der Waals surface area contributed by atoms with Crippen molar-refractivity contribution in [3.05, 3.63) is 23.8 Å². The van der Waals surface area contributed by atoms with Crippen molar-refractivity contribution < 1.29 is 14.6 Å². The molecule has 2 heterocycles. The molecule has 0 aliphatic carbocycles. The molecular weight excluding hydrogens is 266 g/mol. The summed E-state index contributed by atoms with van der Waals surface area (Å²) in [6, 6.07) is 5.75. The maximum Gasteiger partial charge on any atom is 0.161 e. The smallest absolute Gasteiger partial charge is 0.161 e. The Morgan fingerprint density at radius 1 is 1.14 bits per heavy atom. The van der Waals surface area contributed by atoms with Gasteiger partial charge in [0.2, 0.25) is 0 Å². The summed E-state index contributed by atoms with van der Waals surface area (Å²) >= 11 is 0. The molecular formula is C17H25NO3. The molecule has 116 valence electrons. The van der Waals surface area contributed by atoms with Crippen molar-refractivity contribution in [2.45, 2.75) is 26.4 Å². The molecule has 3 unspecified atom stereocenters. The maximum absolute atomic E-state index is 10.5. The second-order valence-electron chi connectivity index (χ2n) is 6.58. The highest BCUT2D eigenvalue weighted by Crippen LogP contribution is 2.33. The van der Waals surface area contributed by atoms with Crippen molar-refractivity contribution >= 4 is 0 Å². The fourth-order valence-corrected chi connectivity index (χ4v) is 3.56. The van der Waals surface area contributed by atoms with Gasteiger partial charge in [0, 0.05) is 19.6 Å². The van der Waals surface area contributed by atoms with Gasteiger partial charge >= 0.3 is 0 Å².